The predicted molar refractivity (Wildman–Crippen MR) is 190 cm³/mol. The number of quaternary nitrogens is 1. The van der Waals surface area contributed by atoms with Gasteiger partial charge in [0.2, 0.25) is 0 Å². The van der Waals surface area contributed by atoms with Gasteiger partial charge < -0.3 is 5.32 Å². The van der Waals surface area contributed by atoms with Gasteiger partial charge in [0.25, 0.3) is 0 Å². The van der Waals surface area contributed by atoms with Gasteiger partial charge in [0.15, 0.2) is 69.8 Å². The largest absolute Gasteiger partial charge is 0.339 e. The molecule has 0 heterocycles. The monoisotopic (exact) mass is 933 g/mol. The zero-order valence-electron chi connectivity index (χ0n) is 32.2. The number of nitrogens with two attached hydrogens (primary N) is 1. The summed E-state index contributed by atoms with van der Waals surface area (Å²) in [5.74, 6) is -71.4. The zero-order valence-corrected chi connectivity index (χ0v) is 32.2. The summed E-state index contributed by atoms with van der Waals surface area (Å²) in [4.78, 5) is 0. The molecule has 22 heteroatoms. The van der Waals surface area contributed by atoms with Crippen LogP contribution >= 0.6 is 0 Å². The van der Waals surface area contributed by atoms with Gasteiger partial charge in [-0.2, -0.15) is 0 Å². The van der Waals surface area contributed by atoms with E-state index >= 15 is 35.1 Å². The van der Waals surface area contributed by atoms with Gasteiger partial charge in [-0.25, -0.2) is 87.8 Å². The lowest BCUT2D eigenvalue weighted by atomic mass is 9.12. The minimum atomic E-state index is -7.22. The lowest BCUT2D eigenvalue weighted by Gasteiger charge is -2.44. The van der Waals surface area contributed by atoms with Gasteiger partial charge in [0.1, 0.15) is 65.8 Å². The van der Waals surface area contributed by atoms with Crippen LogP contribution in [0.2, 0.25) is 0 Å². The van der Waals surface area contributed by atoms with Crippen molar-refractivity contribution in [1.29, 1.82) is 0 Å². The number of aryl methyl sites for hydroxylation is 2. The third-order valence-electron chi connectivity index (χ3n) is 10.4. The quantitative estimate of drug-likeness (QED) is 0.0613. The molecule has 0 aliphatic rings. The number of halogens is 20. The third-order valence-corrected chi connectivity index (χ3v) is 10.4. The van der Waals surface area contributed by atoms with Gasteiger partial charge in [0, 0.05) is 11.1 Å². The molecule has 0 aliphatic carbocycles. The molecule has 0 saturated heterocycles. The molecule has 0 amide bonds. The Morgan fingerprint density at radius 2 is 0.453 bits per heavy atom. The van der Waals surface area contributed by atoms with E-state index in [-0.39, 0.29) is 0 Å². The second-order valence-electron chi connectivity index (χ2n) is 13.7. The van der Waals surface area contributed by atoms with Crippen molar-refractivity contribution in [3.63, 3.8) is 0 Å². The predicted octanol–water partition coefficient (Wildman–Crippen LogP) is 8.92. The molecule has 340 valence electrons. The highest BCUT2D eigenvalue weighted by atomic mass is 19.2. The Labute approximate surface area is 347 Å². The molecule has 0 spiro atoms. The first-order valence-corrected chi connectivity index (χ1v) is 18.2. The van der Waals surface area contributed by atoms with E-state index in [1.54, 1.807) is 0 Å². The van der Waals surface area contributed by atoms with Crippen molar-refractivity contribution in [2.24, 2.45) is 0 Å². The number of benzene rings is 6. The molecule has 0 atom stereocenters. The topological polar surface area (TPSA) is 16.6 Å². The first kappa shape index (κ1) is 49.0. The van der Waals surface area contributed by atoms with E-state index in [4.69, 9.17) is 0 Å². The van der Waals surface area contributed by atoms with Crippen LogP contribution < -0.4 is 27.2 Å². The molecule has 6 aromatic rings. The van der Waals surface area contributed by atoms with Crippen molar-refractivity contribution < 1.29 is 93.1 Å². The van der Waals surface area contributed by atoms with E-state index in [0.717, 1.165) is 25.9 Å². The van der Waals surface area contributed by atoms with Gasteiger partial charge >= 0.3 is 0 Å². The number of rotatable bonds is 10. The number of hydrogen-bond donors (Lipinski definition) is 1. The molecule has 6 rings (SSSR count). The molecular formula is C42H24BF20N. The average Bonchev–Trinajstić information content (AvgIpc) is 3.29. The molecule has 0 saturated carbocycles. The van der Waals surface area contributed by atoms with E-state index < -0.39 is 144 Å². The van der Waals surface area contributed by atoms with E-state index in [0.29, 0.717) is 0 Å². The Kier molecular flexibility index (Phi) is 14.5. The minimum Gasteiger partial charge on any atom is -0.339 e. The highest BCUT2D eigenvalue weighted by Gasteiger charge is 2.52. The SMILES string of the molecule is CCc1ccccc1C[NH2+]Cc1ccccc1CC.Fc1c(F)c(F)c([B-](c2c(F)c(F)c(F)c(F)c2F)(c2c(F)c(F)c(F)c(F)c2F)c2c(F)c(F)c(F)c(F)c2F)c(F)c1F. The van der Waals surface area contributed by atoms with E-state index in [9.17, 15) is 52.7 Å². The van der Waals surface area contributed by atoms with Gasteiger partial charge in [-0.1, -0.05) is 62.4 Å². The Balaban J connectivity index is 0.000000337. The summed E-state index contributed by atoms with van der Waals surface area (Å²) in [6, 6.07) is 17.5. The Hall–Kier alpha value is -6.06. The molecule has 0 aliphatic heterocycles. The first-order valence-electron chi connectivity index (χ1n) is 18.2. The van der Waals surface area contributed by atoms with Crippen LogP contribution in [0.3, 0.4) is 0 Å². The Bertz CT molecular complexity index is 2360. The molecule has 1 nitrogen and oxygen atoms in total. The maximum Gasteiger partial charge on any atom is 0.200 e. The highest BCUT2D eigenvalue weighted by Crippen LogP contribution is 2.31. The lowest BCUT2D eigenvalue weighted by Crippen LogP contribution is -2.81. The molecule has 0 bridgehead atoms. The van der Waals surface area contributed by atoms with Gasteiger partial charge in [0.05, 0.1) is 0 Å². The fourth-order valence-corrected chi connectivity index (χ4v) is 7.46. The van der Waals surface area contributed by atoms with Crippen LogP contribution in [-0.2, 0) is 25.9 Å². The molecule has 64 heavy (non-hydrogen) atoms. The standard InChI is InChI=1S/C24BF20.C18H23N/c26-5-1(6(27)14(35)21(42)13(5)34)25(2-7(28)15(36)22(43)16(37)8(2)29,3-9(30)17(38)23(44)18(39)10(3)31)4-11(32)19(40)24(45)20(41)12(4)33;1-3-15-9-5-7-11-17(15)13-19-14-18-12-8-6-10-16(18)4-2/h;5-12,19H,3-4,13-14H2,1-2H3/q-1;/p+1. The van der Waals surface area contributed by atoms with Crippen LogP contribution in [0.25, 0.3) is 0 Å². The molecule has 0 radical (unpaired) electrons. The maximum atomic E-state index is 15.4. The zero-order chi connectivity index (χ0) is 47.9. The van der Waals surface area contributed by atoms with Crippen molar-refractivity contribution in [3.8, 4) is 0 Å². The van der Waals surface area contributed by atoms with E-state index in [1.807, 2.05) is 0 Å². The van der Waals surface area contributed by atoms with E-state index in [2.05, 4.69) is 67.7 Å². The third kappa shape index (κ3) is 7.93. The summed E-state index contributed by atoms with van der Waals surface area (Å²) in [6.45, 7) is 6.60. The molecule has 0 unspecified atom stereocenters. The normalized spacial score (nSPS) is 11.6. The lowest BCUT2D eigenvalue weighted by molar-refractivity contribution is -0.686. The summed E-state index contributed by atoms with van der Waals surface area (Å²) >= 11 is 0. The van der Waals surface area contributed by atoms with Crippen LogP contribution in [0.1, 0.15) is 36.1 Å². The van der Waals surface area contributed by atoms with Crippen LogP contribution in [0.4, 0.5) is 87.8 Å². The van der Waals surface area contributed by atoms with Crippen molar-refractivity contribution in [2.45, 2.75) is 39.8 Å². The maximum absolute atomic E-state index is 15.4. The Morgan fingerprint density at radius 1 is 0.281 bits per heavy atom. The van der Waals surface area contributed by atoms with Crippen LogP contribution in [0.15, 0.2) is 48.5 Å². The Morgan fingerprint density at radius 3 is 0.641 bits per heavy atom. The second kappa shape index (κ2) is 19.0. The summed E-state index contributed by atoms with van der Waals surface area (Å²) < 4.78 is 294. The minimum absolute atomic E-state index is 1.07. The summed E-state index contributed by atoms with van der Waals surface area (Å²) in [7, 11) is 0. The molecule has 6 aromatic carbocycles. The molecule has 2 N–H and O–H groups in total. The second-order valence-corrected chi connectivity index (χ2v) is 13.7. The van der Waals surface area contributed by atoms with Crippen LogP contribution in [0.5, 0.6) is 0 Å². The fraction of sp³-hybridized carbons (Fsp3) is 0.143. The highest BCUT2D eigenvalue weighted by molar-refractivity contribution is 7.20. The molecule has 0 aromatic heterocycles. The van der Waals surface area contributed by atoms with Crippen molar-refractivity contribution in [3.05, 3.63) is 187 Å². The van der Waals surface area contributed by atoms with Crippen molar-refractivity contribution in [1.82, 2.24) is 0 Å². The summed E-state index contributed by atoms with van der Waals surface area (Å²) in [6.07, 6.45) is -4.98. The van der Waals surface area contributed by atoms with Crippen molar-refractivity contribution >= 4 is 28.0 Å². The summed E-state index contributed by atoms with van der Waals surface area (Å²) in [5, 5.41) is 2.41. The molecule has 0 fully saturated rings. The smallest absolute Gasteiger partial charge is 0.200 e. The van der Waals surface area contributed by atoms with Gasteiger partial charge in [-0.15, -0.1) is 21.9 Å². The van der Waals surface area contributed by atoms with Crippen LogP contribution in [-0.4, -0.2) is 6.15 Å². The first-order chi connectivity index (χ1) is 30.0. The van der Waals surface area contributed by atoms with Gasteiger partial charge in [-0.3, -0.25) is 0 Å². The fourth-order valence-electron chi connectivity index (χ4n) is 7.46. The average molecular weight is 933 g/mol. The number of hydrogen-bond acceptors (Lipinski definition) is 0. The van der Waals surface area contributed by atoms with E-state index in [1.165, 1.54) is 22.3 Å². The van der Waals surface area contributed by atoms with Crippen molar-refractivity contribution in [2.75, 3.05) is 0 Å². The van der Waals surface area contributed by atoms with Gasteiger partial charge in [-0.05, 0) is 24.0 Å². The summed E-state index contributed by atoms with van der Waals surface area (Å²) in [5.41, 5.74) is -8.44. The molecular weight excluding hydrogens is 909 g/mol. The van der Waals surface area contributed by atoms with Crippen LogP contribution in [0, 0.1) is 116 Å².